The Morgan fingerprint density at radius 2 is 1.90 bits per heavy atom. The minimum atomic E-state index is 0.300. The fraction of sp³-hybridized carbons (Fsp3) is 0.278. The quantitative estimate of drug-likeness (QED) is 0.852. The molecule has 1 N–H and O–H groups in total. The third-order valence-corrected chi connectivity index (χ3v) is 3.28. The van der Waals surface area contributed by atoms with Crippen LogP contribution in [0.5, 0.6) is 11.5 Å². The molecule has 0 saturated heterocycles. The van der Waals surface area contributed by atoms with Crippen LogP contribution in [0.25, 0.3) is 0 Å². The van der Waals surface area contributed by atoms with Crippen molar-refractivity contribution >= 4 is 0 Å². The van der Waals surface area contributed by atoms with Gasteiger partial charge in [0, 0.05) is 6.04 Å². The van der Waals surface area contributed by atoms with Crippen LogP contribution in [0, 0.1) is 11.3 Å². The summed E-state index contributed by atoms with van der Waals surface area (Å²) in [5, 5.41) is 12.3. The summed E-state index contributed by atoms with van der Waals surface area (Å²) < 4.78 is 5.84. The Bertz CT molecular complexity index is 614. The predicted molar refractivity (Wildman–Crippen MR) is 84.4 cm³/mol. The number of hydrogen-bond donors (Lipinski definition) is 1. The summed E-state index contributed by atoms with van der Waals surface area (Å²) in [7, 11) is 0. The minimum Gasteiger partial charge on any atom is -0.457 e. The van der Waals surface area contributed by atoms with E-state index < -0.39 is 0 Å². The SMILES string of the molecule is CCCNC(C)c1cccc(Oc2ccc(C#N)cc2)c1. The molecule has 0 fully saturated rings. The molecule has 2 rings (SSSR count). The molecule has 3 nitrogen and oxygen atoms in total. The predicted octanol–water partition coefficient (Wildman–Crippen LogP) is 4.41. The first-order valence-electron chi connectivity index (χ1n) is 7.24. The van der Waals surface area contributed by atoms with Gasteiger partial charge in [0.2, 0.25) is 0 Å². The van der Waals surface area contributed by atoms with Gasteiger partial charge in [0.1, 0.15) is 11.5 Å². The van der Waals surface area contributed by atoms with Crippen LogP contribution in [0.3, 0.4) is 0 Å². The summed E-state index contributed by atoms with van der Waals surface area (Å²) in [6, 6.07) is 17.6. The van der Waals surface area contributed by atoms with Gasteiger partial charge in [-0.15, -0.1) is 0 Å². The van der Waals surface area contributed by atoms with E-state index in [-0.39, 0.29) is 0 Å². The fourth-order valence-electron chi connectivity index (χ4n) is 2.06. The summed E-state index contributed by atoms with van der Waals surface area (Å²) in [6.07, 6.45) is 1.12. The lowest BCUT2D eigenvalue weighted by Crippen LogP contribution is -2.19. The highest BCUT2D eigenvalue weighted by molar-refractivity contribution is 5.38. The molecule has 0 saturated carbocycles. The summed E-state index contributed by atoms with van der Waals surface area (Å²) >= 11 is 0. The third kappa shape index (κ3) is 4.34. The van der Waals surface area contributed by atoms with Crippen LogP contribution >= 0.6 is 0 Å². The first kappa shape index (κ1) is 15.1. The Morgan fingerprint density at radius 3 is 2.57 bits per heavy atom. The largest absolute Gasteiger partial charge is 0.457 e. The van der Waals surface area contributed by atoms with Gasteiger partial charge in [-0.2, -0.15) is 5.26 Å². The Morgan fingerprint density at radius 1 is 1.14 bits per heavy atom. The molecule has 0 bridgehead atoms. The molecule has 108 valence electrons. The number of nitrogens with one attached hydrogen (secondary N) is 1. The van der Waals surface area contributed by atoms with Crippen molar-refractivity contribution in [2.24, 2.45) is 0 Å². The smallest absolute Gasteiger partial charge is 0.127 e. The zero-order valence-corrected chi connectivity index (χ0v) is 12.5. The Balaban J connectivity index is 2.08. The molecule has 1 atom stereocenters. The Hall–Kier alpha value is -2.31. The molecule has 21 heavy (non-hydrogen) atoms. The molecule has 3 heteroatoms. The lowest BCUT2D eigenvalue weighted by Gasteiger charge is -2.15. The van der Waals surface area contributed by atoms with Gasteiger partial charge in [0.05, 0.1) is 11.6 Å². The summed E-state index contributed by atoms with van der Waals surface area (Å²) in [5.41, 5.74) is 1.84. The lowest BCUT2D eigenvalue weighted by molar-refractivity contribution is 0.479. The maximum Gasteiger partial charge on any atom is 0.127 e. The molecule has 0 aromatic heterocycles. The lowest BCUT2D eigenvalue weighted by atomic mass is 10.1. The van der Waals surface area contributed by atoms with E-state index >= 15 is 0 Å². The van der Waals surface area contributed by atoms with Crippen molar-refractivity contribution in [2.75, 3.05) is 6.54 Å². The van der Waals surface area contributed by atoms with E-state index in [1.807, 2.05) is 30.3 Å². The number of nitrogens with zero attached hydrogens (tertiary/aromatic N) is 1. The molecule has 0 aliphatic carbocycles. The number of nitriles is 1. The Labute approximate surface area is 126 Å². The average molecular weight is 280 g/mol. The molecular formula is C18H20N2O. The van der Waals surface area contributed by atoms with Crippen molar-refractivity contribution in [1.29, 1.82) is 5.26 Å². The maximum absolute atomic E-state index is 8.79. The molecule has 0 amide bonds. The molecule has 0 aliphatic rings. The van der Waals surface area contributed by atoms with Crippen LogP contribution in [0.1, 0.15) is 37.4 Å². The van der Waals surface area contributed by atoms with Gasteiger partial charge in [-0.1, -0.05) is 19.1 Å². The number of rotatable bonds is 6. The third-order valence-electron chi connectivity index (χ3n) is 3.28. The normalized spacial score (nSPS) is 11.7. The second-order valence-electron chi connectivity index (χ2n) is 4.99. The fourth-order valence-corrected chi connectivity index (χ4v) is 2.06. The van der Waals surface area contributed by atoms with Crippen molar-refractivity contribution in [1.82, 2.24) is 5.32 Å². The van der Waals surface area contributed by atoms with Crippen molar-refractivity contribution in [3.05, 3.63) is 59.7 Å². The zero-order chi connectivity index (χ0) is 15.1. The zero-order valence-electron chi connectivity index (χ0n) is 12.5. The van der Waals surface area contributed by atoms with E-state index in [1.54, 1.807) is 12.1 Å². The van der Waals surface area contributed by atoms with Crippen molar-refractivity contribution in [3.63, 3.8) is 0 Å². The average Bonchev–Trinajstić information content (AvgIpc) is 2.53. The van der Waals surface area contributed by atoms with E-state index in [4.69, 9.17) is 10.00 Å². The van der Waals surface area contributed by atoms with E-state index in [0.29, 0.717) is 11.6 Å². The highest BCUT2D eigenvalue weighted by Gasteiger charge is 2.06. The van der Waals surface area contributed by atoms with Crippen molar-refractivity contribution < 1.29 is 4.74 Å². The standard InChI is InChI=1S/C18H20N2O/c1-3-11-20-14(2)16-5-4-6-18(12-16)21-17-9-7-15(13-19)8-10-17/h4-10,12,14,20H,3,11H2,1-2H3. The van der Waals surface area contributed by atoms with Crippen LogP contribution in [0.4, 0.5) is 0 Å². The van der Waals surface area contributed by atoms with Crippen molar-refractivity contribution in [2.45, 2.75) is 26.3 Å². The number of benzene rings is 2. The summed E-state index contributed by atoms with van der Waals surface area (Å²) in [4.78, 5) is 0. The molecule has 2 aromatic carbocycles. The summed E-state index contributed by atoms with van der Waals surface area (Å²) in [6.45, 7) is 5.31. The van der Waals surface area contributed by atoms with Gasteiger partial charge >= 0.3 is 0 Å². The topological polar surface area (TPSA) is 45.0 Å². The van der Waals surface area contributed by atoms with E-state index in [2.05, 4.69) is 31.3 Å². The van der Waals surface area contributed by atoms with E-state index in [9.17, 15) is 0 Å². The van der Waals surface area contributed by atoms with Gasteiger partial charge in [-0.05, 0) is 61.9 Å². The van der Waals surface area contributed by atoms with Crippen LogP contribution in [-0.4, -0.2) is 6.54 Å². The van der Waals surface area contributed by atoms with Crippen LogP contribution in [0.15, 0.2) is 48.5 Å². The second kappa shape index (κ2) is 7.47. The molecule has 0 radical (unpaired) electrons. The van der Waals surface area contributed by atoms with E-state index in [1.165, 1.54) is 5.56 Å². The Kier molecular flexibility index (Phi) is 5.36. The molecule has 0 heterocycles. The van der Waals surface area contributed by atoms with Gasteiger partial charge in [0.15, 0.2) is 0 Å². The highest BCUT2D eigenvalue weighted by Crippen LogP contribution is 2.24. The second-order valence-corrected chi connectivity index (χ2v) is 4.99. The number of ether oxygens (including phenoxy) is 1. The first-order chi connectivity index (χ1) is 10.2. The van der Waals surface area contributed by atoms with Gasteiger partial charge in [0.25, 0.3) is 0 Å². The van der Waals surface area contributed by atoms with Gasteiger partial charge in [-0.3, -0.25) is 0 Å². The monoisotopic (exact) mass is 280 g/mol. The van der Waals surface area contributed by atoms with Crippen molar-refractivity contribution in [3.8, 4) is 17.6 Å². The van der Waals surface area contributed by atoms with Crippen LogP contribution in [-0.2, 0) is 0 Å². The van der Waals surface area contributed by atoms with Crippen LogP contribution in [0.2, 0.25) is 0 Å². The van der Waals surface area contributed by atoms with E-state index in [0.717, 1.165) is 24.5 Å². The number of hydrogen-bond acceptors (Lipinski definition) is 3. The first-order valence-corrected chi connectivity index (χ1v) is 7.24. The molecule has 0 aliphatic heterocycles. The molecule has 1 unspecified atom stereocenters. The minimum absolute atomic E-state index is 0.300. The van der Waals surface area contributed by atoms with Gasteiger partial charge < -0.3 is 10.1 Å². The molecule has 0 spiro atoms. The van der Waals surface area contributed by atoms with Gasteiger partial charge in [-0.25, -0.2) is 0 Å². The highest BCUT2D eigenvalue weighted by atomic mass is 16.5. The molecular weight excluding hydrogens is 260 g/mol. The molecule has 2 aromatic rings. The van der Waals surface area contributed by atoms with Crippen LogP contribution < -0.4 is 10.1 Å². The summed E-state index contributed by atoms with van der Waals surface area (Å²) in [5.74, 6) is 1.54. The maximum atomic E-state index is 8.79.